The van der Waals surface area contributed by atoms with Crippen LogP contribution in [0, 0.1) is 5.92 Å². The lowest BCUT2D eigenvalue weighted by molar-refractivity contribution is -0.123. The summed E-state index contributed by atoms with van der Waals surface area (Å²) in [6.07, 6.45) is -1.17. The maximum absolute atomic E-state index is 12.5. The van der Waals surface area contributed by atoms with E-state index in [1.54, 1.807) is 12.1 Å². The number of nitrogens with two attached hydrogens (primary N) is 1. The van der Waals surface area contributed by atoms with E-state index in [0.29, 0.717) is 17.3 Å². The van der Waals surface area contributed by atoms with Gasteiger partial charge >= 0.3 is 6.18 Å². The maximum atomic E-state index is 12.5. The number of carbonyl (C=O) groups is 2. The molecule has 0 heterocycles. The molecule has 1 aromatic carbocycles. The third kappa shape index (κ3) is 5.05. The number of aliphatic imine (C=N–C) groups is 1. The van der Waals surface area contributed by atoms with Crippen molar-refractivity contribution in [3.05, 3.63) is 53.8 Å². The average molecular weight is 365 g/mol. The van der Waals surface area contributed by atoms with Gasteiger partial charge in [0.05, 0.1) is 11.3 Å². The third-order valence-electron chi connectivity index (χ3n) is 3.95. The summed E-state index contributed by atoms with van der Waals surface area (Å²) in [4.78, 5) is 26.8. The van der Waals surface area contributed by atoms with Gasteiger partial charge in [0.1, 0.15) is 5.84 Å². The van der Waals surface area contributed by atoms with Gasteiger partial charge in [-0.1, -0.05) is 25.1 Å². The van der Waals surface area contributed by atoms with Crippen LogP contribution in [-0.4, -0.2) is 24.2 Å². The zero-order valence-corrected chi connectivity index (χ0v) is 13.8. The first-order valence-corrected chi connectivity index (χ1v) is 7.89. The number of rotatable bonds is 6. The number of hydrogen-bond donors (Lipinski definition) is 2. The molecule has 0 aliphatic heterocycles. The first kappa shape index (κ1) is 19.4. The maximum Gasteiger partial charge on any atom is 0.415 e. The first-order valence-electron chi connectivity index (χ1n) is 7.89. The highest BCUT2D eigenvalue weighted by Crippen LogP contribution is 2.28. The lowest BCUT2D eigenvalue weighted by atomic mass is 9.85. The number of benzene rings is 1. The molecule has 1 aliphatic carbocycles. The molecule has 5 nitrogen and oxygen atoms in total. The molecule has 1 aliphatic rings. The normalized spacial score (nSPS) is 16.0. The molecular weight excluding hydrogens is 347 g/mol. The summed E-state index contributed by atoms with van der Waals surface area (Å²) < 4.78 is 37.6. The van der Waals surface area contributed by atoms with Crippen molar-refractivity contribution in [3.8, 4) is 0 Å². The van der Waals surface area contributed by atoms with Gasteiger partial charge in [-0.2, -0.15) is 18.2 Å². The van der Waals surface area contributed by atoms with E-state index in [9.17, 15) is 22.8 Å². The highest BCUT2D eigenvalue weighted by atomic mass is 19.4. The fourth-order valence-electron chi connectivity index (χ4n) is 2.22. The molecule has 0 atom stereocenters. The monoisotopic (exact) mass is 365 g/mol. The van der Waals surface area contributed by atoms with Crippen LogP contribution < -0.4 is 11.1 Å². The Hall–Kier alpha value is -2.90. The van der Waals surface area contributed by atoms with E-state index in [1.807, 2.05) is 0 Å². The van der Waals surface area contributed by atoms with Gasteiger partial charge in [0.25, 0.3) is 5.91 Å². The van der Waals surface area contributed by atoms with Crippen LogP contribution in [0.3, 0.4) is 0 Å². The second kappa shape index (κ2) is 7.99. The van der Waals surface area contributed by atoms with E-state index in [0.717, 1.165) is 19.3 Å². The summed E-state index contributed by atoms with van der Waals surface area (Å²) in [6, 6.07) is 6.21. The predicted octanol–water partition coefficient (Wildman–Crippen LogP) is 3.33. The summed E-state index contributed by atoms with van der Waals surface area (Å²) in [5, 5.41) is 2.56. The summed E-state index contributed by atoms with van der Waals surface area (Å²) >= 11 is 0. The van der Waals surface area contributed by atoms with Crippen LogP contribution in [0.15, 0.2) is 53.2 Å². The van der Waals surface area contributed by atoms with Crippen molar-refractivity contribution >= 4 is 23.7 Å². The molecular formula is C18H18F3N3O2. The van der Waals surface area contributed by atoms with Crippen molar-refractivity contribution in [2.24, 2.45) is 16.6 Å². The van der Waals surface area contributed by atoms with Gasteiger partial charge in [0.15, 0.2) is 6.29 Å². The number of halogens is 3. The molecule has 1 saturated carbocycles. The topological polar surface area (TPSA) is 84.6 Å². The zero-order chi connectivity index (χ0) is 19.3. The van der Waals surface area contributed by atoms with Crippen molar-refractivity contribution < 1.29 is 22.8 Å². The largest absolute Gasteiger partial charge is 0.415 e. The number of nitrogens with zero attached hydrogens (tertiary/aromatic N) is 1. The Morgan fingerprint density at radius 3 is 2.58 bits per heavy atom. The van der Waals surface area contributed by atoms with E-state index >= 15 is 0 Å². The third-order valence-corrected chi connectivity index (χ3v) is 3.95. The Labute approximate surface area is 148 Å². The van der Waals surface area contributed by atoms with Crippen LogP contribution in [0.5, 0.6) is 0 Å². The predicted molar refractivity (Wildman–Crippen MR) is 92.5 cm³/mol. The SMILES string of the molecule is C=C(/C=C(/C=O)Nc1cccc(C(N)=NC(=O)C2CCC2)c1)C(F)(F)F. The minimum atomic E-state index is -4.63. The van der Waals surface area contributed by atoms with E-state index in [4.69, 9.17) is 5.73 Å². The number of hydrogen-bond acceptors (Lipinski definition) is 3. The Kier molecular flexibility index (Phi) is 5.97. The van der Waals surface area contributed by atoms with Crippen molar-refractivity contribution in [2.45, 2.75) is 25.4 Å². The first-order chi connectivity index (χ1) is 12.2. The van der Waals surface area contributed by atoms with E-state index in [1.165, 1.54) is 12.1 Å². The van der Waals surface area contributed by atoms with Gasteiger partial charge in [-0.25, -0.2) is 0 Å². The highest BCUT2D eigenvalue weighted by molar-refractivity contribution is 6.05. The lowest BCUT2D eigenvalue weighted by Gasteiger charge is -2.21. The molecule has 1 fully saturated rings. The molecule has 0 saturated heterocycles. The summed E-state index contributed by atoms with van der Waals surface area (Å²) in [5.74, 6) is -0.350. The van der Waals surface area contributed by atoms with E-state index < -0.39 is 11.7 Å². The Balaban J connectivity index is 2.16. The fourth-order valence-corrected chi connectivity index (χ4v) is 2.22. The van der Waals surface area contributed by atoms with Crippen molar-refractivity contribution in [1.82, 2.24) is 0 Å². The van der Waals surface area contributed by atoms with Gasteiger partial charge in [0.2, 0.25) is 0 Å². The minimum Gasteiger partial charge on any atom is -0.383 e. The summed E-state index contributed by atoms with van der Waals surface area (Å²) in [5.41, 5.74) is 5.11. The number of allylic oxidation sites excluding steroid dienone is 3. The number of amidine groups is 1. The Bertz CT molecular complexity index is 778. The quantitative estimate of drug-likeness (QED) is 0.266. The van der Waals surface area contributed by atoms with E-state index in [-0.39, 0.29) is 29.6 Å². The highest BCUT2D eigenvalue weighted by Gasteiger charge is 2.30. The number of anilines is 1. The average Bonchev–Trinajstić information content (AvgIpc) is 2.51. The molecule has 0 bridgehead atoms. The van der Waals surface area contributed by atoms with Crippen LogP contribution in [0.1, 0.15) is 24.8 Å². The molecule has 0 spiro atoms. The van der Waals surface area contributed by atoms with Crippen LogP contribution in [-0.2, 0) is 9.59 Å². The Morgan fingerprint density at radius 2 is 2.04 bits per heavy atom. The number of amides is 1. The molecule has 0 unspecified atom stereocenters. The smallest absolute Gasteiger partial charge is 0.383 e. The van der Waals surface area contributed by atoms with Crippen molar-refractivity contribution in [1.29, 1.82) is 0 Å². The second-order valence-electron chi connectivity index (χ2n) is 5.91. The molecule has 0 radical (unpaired) electrons. The molecule has 8 heteroatoms. The zero-order valence-electron chi connectivity index (χ0n) is 13.8. The molecule has 1 amide bonds. The number of carbonyl (C=O) groups excluding carboxylic acids is 2. The van der Waals surface area contributed by atoms with Crippen molar-refractivity contribution in [3.63, 3.8) is 0 Å². The standard InChI is InChI=1S/C18H18F3N3O2/c1-11(18(19,20)21)8-15(10-25)23-14-7-3-6-13(9-14)16(22)24-17(26)12-4-2-5-12/h3,6-10,12,23H,1-2,4-5H2,(H2,22,24,26)/b15-8-. The number of alkyl halides is 3. The number of nitrogens with one attached hydrogen (secondary N) is 1. The fraction of sp³-hybridized carbons (Fsp3) is 0.278. The van der Waals surface area contributed by atoms with Gasteiger partial charge in [-0.3, -0.25) is 9.59 Å². The van der Waals surface area contributed by atoms with Gasteiger partial charge in [-0.05, 0) is 31.1 Å². The lowest BCUT2D eigenvalue weighted by Crippen LogP contribution is -2.24. The minimum absolute atomic E-state index is 0.0156. The molecule has 26 heavy (non-hydrogen) atoms. The van der Waals surface area contributed by atoms with Gasteiger partial charge in [0, 0.05) is 17.2 Å². The molecule has 1 aromatic rings. The molecule has 138 valence electrons. The van der Waals surface area contributed by atoms with E-state index in [2.05, 4.69) is 16.9 Å². The van der Waals surface area contributed by atoms with Crippen LogP contribution >= 0.6 is 0 Å². The molecule has 0 aromatic heterocycles. The molecule has 3 N–H and O–H groups in total. The van der Waals surface area contributed by atoms with Gasteiger partial charge in [-0.15, -0.1) is 0 Å². The van der Waals surface area contributed by atoms with Gasteiger partial charge < -0.3 is 11.1 Å². The van der Waals surface area contributed by atoms with Crippen LogP contribution in [0.2, 0.25) is 0 Å². The summed E-state index contributed by atoms with van der Waals surface area (Å²) in [6.45, 7) is 2.89. The second-order valence-corrected chi connectivity index (χ2v) is 5.91. The Morgan fingerprint density at radius 1 is 1.35 bits per heavy atom. The van der Waals surface area contributed by atoms with Crippen LogP contribution in [0.4, 0.5) is 18.9 Å². The summed E-state index contributed by atoms with van der Waals surface area (Å²) in [7, 11) is 0. The van der Waals surface area contributed by atoms with Crippen LogP contribution in [0.25, 0.3) is 0 Å². The van der Waals surface area contributed by atoms with Crippen molar-refractivity contribution in [2.75, 3.05) is 5.32 Å². The number of aldehydes is 1. The molecule has 2 rings (SSSR count).